The van der Waals surface area contributed by atoms with E-state index in [1.54, 1.807) is 30.3 Å². The Labute approximate surface area is 209 Å². The Hall–Kier alpha value is -3.98. The number of aromatic carboxylic acids is 1. The Bertz CT molecular complexity index is 1370. The van der Waals surface area contributed by atoms with Crippen LogP contribution in [-0.4, -0.2) is 43.6 Å². The Balaban J connectivity index is 1.55. The molecule has 1 unspecified atom stereocenters. The summed E-state index contributed by atoms with van der Waals surface area (Å²) in [5.74, 6) is -3.13. The Morgan fingerprint density at radius 1 is 0.917 bits per heavy atom. The Morgan fingerprint density at radius 2 is 1.56 bits per heavy atom. The number of carbonyl (C=O) groups is 3. The van der Waals surface area contributed by atoms with Crippen LogP contribution in [-0.2, 0) is 21.1 Å². The van der Waals surface area contributed by atoms with Crippen LogP contribution >= 0.6 is 0 Å². The second kappa shape index (κ2) is 10.7. The molecule has 36 heavy (non-hydrogen) atoms. The maximum atomic E-state index is 13.0. The lowest BCUT2D eigenvalue weighted by atomic mass is 10.0. The highest BCUT2D eigenvalue weighted by Crippen LogP contribution is 2.38. The van der Waals surface area contributed by atoms with Gasteiger partial charge in [0, 0.05) is 17.8 Å². The number of hydrogen-bond donors (Lipinski definition) is 2. The van der Waals surface area contributed by atoms with Crippen molar-refractivity contribution in [2.24, 2.45) is 0 Å². The highest BCUT2D eigenvalue weighted by Gasteiger charge is 2.46. The SMILES string of the molecule is O=C(O)c1cc(C(=O)NCCCCc2ccccc2)cc(C2N(c3ccccc3)C(=O)CS2(=O)=O)c1. The van der Waals surface area contributed by atoms with Gasteiger partial charge in [0.05, 0.1) is 5.56 Å². The van der Waals surface area contributed by atoms with Crippen LogP contribution in [0.5, 0.6) is 0 Å². The number of rotatable bonds is 9. The maximum Gasteiger partial charge on any atom is 0.335 e. The molecular weight excluding hydrogens is 480 g/mol. The number of carboxylic acid groups (broad SMARTS) is 1. The van der Waals surface area contributed by atoms with E-state index >= 15 is 0 Å². The predicted octanol–water partition coefficient (Wildman–Crippen LogP) is 3.60. The van der Waals surface area contributed by atoms with Crippen LogP contribution in [0.2, 0.25) is 0 Å². The molecule has 0 spiro atoms. The van der Waals surface area contributed by atoms with Gasteiger partial charge < -0.3 is 10.4 Å². The van der Waals surface area contributed by atoms with Gasteiger partial charge in [0.1, 0.15) is 5.75 Å². The summed E-state index contributed by atoms with van der Waals surface area (Å²) in [4.78, 5) is 38.5. The van der Waals surface area contributed by atoms with Gasteiger partial charge in [-0.05, 0) is 60.7 Å². The number of amides is 2. The van der Waals surface area contributed by atoms with Crippen LogP contribution in [0.1, 0.15) is 50.1 Å². The minimum absolute atomic E-state index is 0.0236. The molecule has 1 heterocycles. The van der Waals surface area contributed by atoms with Crippen LogP contribution in [0.25, 0.3) is 0 Å². The van der Waals surface area contributed by atoms with Gasteiger partial charge in [-0.25, -0.2) is 13.2 Å². The molecular formula is C27H26N2O6S. The summed E-state index contributed by atoms with van der Waals surface area (Å²) in [5.41, 5.74) is 1.43. The fraction of sp³-hybridized carbons (Fsp3) is 0.222. The molecule has 186 valence electrons. The van der Waals surface area contributed by atoms with E-state index < -0.39 is 38.7 Å². The summed E-state index contributed by atoms with van der Waals surface area (Å²) < 4.78 is 25.9. The highest BCUT2D eigenvalue weighted by atomic mass is 32.2. The van der Waals surface area contributed by atoms with Crippen LogP contribution in [0.15, 0.2) is 78.9 Å². The van der Waals surface area contributed by atoms with Crippen molar-refractivity contribution < 1.29 is 27.9 Å². The molecule has 3 aromatic rings. The van der Waals surface area contributed by atoms with E-state index in [1.165, 1.54) is 23.8 Å². The number of nitrogens with one attached hydrogen (secondary N) is 1. The van der Waals surface area contributed by atoms with E-state index in [-0.39, 0.29) is 16.7 Å². The number of sulfone groups is 1. The van der Waals surface area contributed by atoms with E-state index in [9.17, 15) is 27.9 Å². The average Bonchev–Trinajstić information content (AvgIpc) is 3.12. The van der Waals surface area contributed by atoms with Crippen molar-refractivity contribution in [3.05, 3.63) is 101 Å². The minimum Gasteiger partial charge on any atom is -0.478 e. The number of aryl methyl sites for hydroxylation is 1. The normalized spacial score (nSPS) is 16.6. The number of benzene rings is 3. The maximum absolute atomic E-state index is 13.0. The first-order valence-corrected chi connectivity index (χ1v) is 13.3. The Kier molecular flexibility index (Phi) is 7.49. The lowest BCUT2D eigenvalue weighted by Crippen LogP contribution is -2.30. The fourth-order valence-corrected chi connectivity index (χ4v) is 6.04. The van der Waals surface area contributed by atoms with Crippen molar-refractivity contribution in [1.29, 1.82) is 0 Å². The monoisotopic (exact) mass is 506 g/mol. The van der Waals surface area contributed by atoms with E-state index in [2.05, 4.69) is 5.32 Å². The first kappa shape index (κ1) is 25.1. The van der Waals surface area contributed by atoms with Crippen LogP contribution in [0.3, 0.4) is 0 Å². The fourth-order valence-electron chi connectivity index (χ4n) is 4.29. The number of unbranched alkanes of at least 4 members (excludes halogenated alkanes) is 1. The molecule has 2 N–H and O–H groups in total. The quantitative estimate of drug-likeness (QED) is 0.428. The largest absolute Gasteiger partial charge is 0.478 e. The van der Waals surface area contributed by atoms with Gasteiger partial charge in [0.2, 0.25) is 5.91 Å². The number of carboxylic acids is 1. The van der Waals surface area contributed by atoms with Gasteiger partial charge in [0.15, 0.2) is 15.2 Å². The lowest BCUT2D eigenvalue weighted by Gasteiger charge is -2.24. The third-order valence-electron chi connectivity index (χ3n) is 5.97. The van der Waals surface area contributed by atoms with Crippen molar-refractivity contribution in [3.63, 3.8) is 0 Å². The summed E-state index contributed by atoms with van der Waals surface area (Å²) >= 11 is 0. The Morgan fingerprint density at radius 3 is 2.22 bits per heavy atom. The van der Waals surface area contributed by atoms with Gasteiger partial charge in [-0.3, -0.25) is 14.5 Å². The lowest BCUT2D eigenvalue weighted by molar-refractivity contribution is -0.115. The first-order valence-electron chi connectivity index (χ1n) is 11.6. The molecule has 8 nitrogen and oxygen atoms in total. The zero-order valence-electron chi connectivity index (χ0n) is 19.5. The van der Waals surface area contributed by atoms with Crippen LogP contribution in [0.4, 0.5) is 5.69 Å². The molecule has 0 saturated carbocycles. The summed E-state index contributed by atoms with van der Waals surface area (Å²) in [6.07, 6.45) is 2.46. The second-order valence-electron chi connectivity index (χ2n) is 8.61. The summed E-state index contributed by atoms with van der Waals surface area (Å²) in [6.45, 7) is 0.384. The van der Waals surface area contributed by atoms with Crippen molar-refractivity contribution in [2.75, 3.05) is 17.2 Å². The molecule has 0 aliphatic carbocycles. The smallest absolute Gasteiger partial charge is 0.335 e. The number of nitrogens with zero attached hydrogens (tertiary/aromatic N) is 1. The van der Waals surface area contributed by atoms with E-state index in [1.807, 2.05) is 30.3 Å². The molecule has 0 aromatic heterocycles. The molecule has 2 amide bonds. The summed E-state index contributed by atoms with van der Waals surface area (Å²) in [5, 5.41) is 11.0. The number of anilines is 1. The zero-order valence-corrected chi connectivity index (χ0v) is 20.3. The minimum atomic E-state index is -3.97. The van der Waals surface area contributed by atoms with E-state index in [0.29, 0.717) is 12.2 Å². The van der Waals surface area contributed by atoms with Gasteiger partial charge >= 0.3 is 5.97 Å². The van der Waals surface area contributed by atoms with Gasteiger partial charge in [-0.1, -0.05) is 48.5 Å². The number of para-hydroxylation sites is 1. The van der Waals surface area contributed by atoms with Crippen LogP contribution < -0.4 is 10.2 Å². The summed E-state index contributed by atoms with van der Waals surface area (Å²) in [7, 11) is -3.97. The van der Waals surface area contributed by atoms with Gasteiger partial charge in [-0.15, -0.1) is 0 Å². The molecule has 4 rings (SSSR count). The third kappa shape index (κ3) is 5.63. The van der Waals surface area contributed by atoms with Gasteiger partial charge in [-0.2, -0.15) is 0 Å². The number of hydrogen-bond acceptors (Lipinski definition) is 5. The summed E-state index contributed by atoms with van der Waals surface area (Å²) in [6, 6.07) is 22.0. The standard InChI is InChI=1S/C27H26N2O6S/c30-24-18-36(34,35)26(29(24)23-12-5-2-6-13-23)21-15-20(16-22(17-21)27(32)33)25(31)28-14-8-7-11-19-9-3-1-4-10-19/h1-6,9-10,12-13,15-17,26H,7-8,11,14,18H2,(H,28,31)(H,32,33). The number of carbonyl (C=O) groups excluding carboxylic acids is 2. The molecule has 0 radical (unpaired) electrons. The van der Waals surface area contributed by atoms with Crippen molar-refractivity contribution >= 4 is 33.3 Å². The molecule has 1 aliphatic heterocycles. The van der Waals surface area contributed by atoms with Crippen LogP contribution in [0, 0.1) is 0 Å². The molecule has 1 atom stereocenters. The van der Waals surface area contributed by atoms with Crippen molar-refractivity contribution in [3.8, 4) is 0 Å². The second-order valence-corrected chi connectivity index (χ2v) is 10.7. The molecule has 3 aromatic carbocycles. The van der Waals surface area contributed by atoms with E-state index in [4.69, 9.17) is 0 Å². The molecule has 1 aliphatic rings. The average molecular weight is 507 g/mol. The topological polar surface area (TPSA) is 121 Å². The molecule has 0 bridgehead atoms. The highest BCUT2D eigenvalue weighted by molar-refractivity contribution is 7.93. The van der Waals surface area contributed by atoms with Crippen molar-refractivity contribution in [2.45, 2.75) is 24.6 Å². The molecule has 1 saturated heterocycles. The van der Waals surface area contributed by atoms with Gasteiger partial charge in [0.25, 0.3) is 5.91 Å². The molecule has 1 fully saturated rings. The third-order valence-corrected chi connectivity index (χ3v) is 7.79. The molecule has 9 heteroatoms. The predicted molar refractivity (Wildman–Crippen MR) is 136 cm³/mol. The first-order chi connectivity index (χ1) is 17.3. The zero-order chi connectivity index (χ0) is 25.7. The van der Waals surface area contributed by atoms with E-state index in [0.717, 1.165) is 24.2 Å². The van der Waals surface area contributed by atoms with Crippen molar-refractivity contribution in [1.82, 2.24) is 5.32 Å².